The molecule has 0 N–H and O–H groups in total. The topological polar surface area (TPSA) is 30.7 Å². The molecule has 2 rings (SSSR count). The van der Waals surface area contributed by atoms with Crippen molar-refractivity contribution >= 4 is 0 Å². The van der Waals surface area contributed by atoms with Crippen LogP contribution in [0.3, 0.4) is 0 Å². The quantitative estimate of drug-likeness (QED) is 0.703. The lowest BCUT2D eigenvalue weighted by atomic mass is 10.2. The fourth-order valence-electron chi connectivity index (χ4n) is 1.41. The normalized spacial score (nSPS) is 9.80. The van der Waals surface area contributed by atoms with Gasteiger partial charge in [0.25, 0.3) is 0 Å². The van der Waals surface area contributed by atoms with Gasteiger partial charge in [0.2, 0.25) is 0 Å². The Kier molecular flexibility index (Phi) is 2.80. The minimum absolute atomic E-state index is 0.709. The molecular weight excluding hydrogens is 186 g/mol. The molecule has 0 unspecified atom stereocenters. The molecule has 0 saturated carbocycles. The van der Waals surface area contributed by atoms with Crippen molar-refractivity contribution in [2.75, 3.05) is 0 Å². The Morgan fingerprint density at radius 1 is 1.27 bits per heavy atom. The maximum atomic E-state index is 5.23. The highest BCUT2D eigenvalue weighted by Crippen LogP contribution is 2.09. The van der Waals surface area contributed by atoms with Crippen LogP contribution < -0.4 is 0 Å². The molecule has 0 radical (unpaired) electrons. The Morgan fingerprint density at radius 3 is 2.80 bits per heavy atom. The van der Waals surface area contributed by atoms with Crippen molar-refractivity contribution in [3.63, 3.8) is 0 Å². The fourth-order valence-corrected chi connectivity index (χ4v) is 1.41. The van der Waals surface area contributed by atoms with Gasteiger partial charge in [-0.1, -0.05) is 23.4 Å². The minimum Gasteiger partial charge on any atom is -0.218 e. The first-order valence-electron chi connectivity index (χ1n) is 4.80. The van der Waals surface area contributed by atoms with Crippen molar-refractivity contribution in [2.45, 2.75) is 12.8 Å². The van der Waals surface area contributed by atoms with Gasteiger partial charge in [-0.3, -0.25) is 0 Å². The summed E-state index contributed by atoms with van der Waals surface area (Å²) in [6.45, 7) is 0. The van der Waals surface area contributed by atoms with Crippen LogP contribution in [-0.4, -0.2) is 15.0 Å². The third kappa shape index (κ3) is 2.05. The van der Waals surface area contributed by atoms with Gasteiger partial charge in [0.1, 0.15) is 0 Å². The van der Waals surface area contributed by atoms with Crippen LogP contribution in [0.4, 0.5) is 0 Å². The van der Waals surface area contributed by atoms with E-state index in [0.717, 1.165) is 17.8 Å². The highest BCUT2D eigenvalue weighted by molar-refractivity contribution is 5.31. The molecule has 1 heterocycles. The molecule has 0 bridgehead atoms. The van der Waals surface area contributed by atoms with E-state index in [1.54, 1.807) is 6.20 Å². The van der Waals surface area contributed by atoms with Gasteiger partial charge in [0.05, 0.1) is 17.6 Å². The Hall–Kier alpha value is -2.08. The van der Waals surface area contributed by atoms with E-state index in [0.29, 0.717) is 6.42 Å². The Labute approximate surface area is 88.7 Å². The maximum Gasteiger partial charge on any atom is 0.0730 e. The summed E-state index contributed by atoms with van der Waals surface area (Å²) in [6, 6.07) is 9.91. The van der Waals surface area contributed by atoms with Crippen molar-refractivity contribution in [1.29, 1.82) is 0 Å². The zero-order valence-corrected chi connectivity index (χ0v) is 8.30. The van der Waals surface area contributed by atoms with Crippen LogP contribution >= 0.6 is 0 Å². The van der Waals surface area contributed by atoms with Crippen LogP contribution in [-0.2, 0) is 6.42 Å². The highest BCUT2D eigenvalue weighted by atomic mass is 15.4. The monoisotopic (exact) mass is 197 g/mol. The Bertz CT molecular complexity index is 465. The lowest BCUT2D eigenvalue weighted by Gasteiger charge is -2.03. The molecule has 3 heteroatoms. The van der Waals surface area contributed by atoms with Crippen molar-refractivity contribution in [1.82, 2.24) is 15.0 Å². The molecule has 0 saturated heterocycles. The molecule has 0 spiro atoms. The van der Waals surface area contributed by atoms with Gasteiger partial charge in [0.15, 0.2) is 0 Å². The number of benzene rings is 1. The van der Waals surface area contributed by atoms with Crippen LogP contribution in [0.25, 0.3) is 5.69 Å². The lowest BCUT2D eigenvalue weighted by molar-refractivity contribution is 0.758. The van der Waals surface area contributed by atoms with Gasteiger partial charge < -0.3 is 0 Å². The van der Waals surface area contributed by atoms with Crippen LogP contribution in [0.1, 0.15) is 12.1 Å². The first-order valence-corrected chi connectivity index (χ1v) is 4.80. The number of aromatic nitrogens is 3. The number of hydrogen-bond acceptors (Lipinski definition) is 2. The average molecular weight is 197 g/mol. The summed E-state index contributed by atoms with van der Waals surface area (Å²) in [5.74, 6) is 2.62. The first kappa shape index (κ1) is 9.47. The number of rotatable bonds is 3. The summed E-state index contributed by atoms with van der Waals surface area (Å²) in [4.78, 5) is 0. The van der Waals surface area contributed by atoms with Crippen molar-refractivity contribution < 1.29 is 0 Å². The van der Waals surface area contributed by atoms with E-state index >= 15 is 0 Å². The second-order valence-electron chi connectivity index (χ2n) is 3.18. The van der Waals surface area contributed by atoms with Crippen molar-refractivity contribution in [3.8, 4) is 18.0 Å². The molecule has 3 nitrogen and oxygen atoms in total. The van der Waals surface area contributed by atoms with E-state index in [9.17, 15) is 0 Å². The molecular formula is C12H11N3. The van der Waals surface area contributed by atoms with E-state index in [-0.39, 0.29) is 0 Å². The van der Waals surface area contributed by atoms with Crippen LogP contribution in [0.2, 0.25) is 0 Å². The molecule has 1 aromatic heterocycles. The van der Waals surface area contributed by atoms with Gasteiger partial charge >= 0.3 is 0 Å². The number of para-hydroxylation sites is 1. The highest BCUT2D eigenvalue weighted by Gasteiger charge is 2.04. The molecule has 74 valence electrons. The van der Waals surface area contributed by atoms with Gasteiger partial charge in [-0.2, -0.15) is 0 Å². The molecule has 15 heavy (non-hydrogen) atoms. The zero-order valence-electron chi connectivity index (χ0n) is 8.30. The first-order chi connectivity index (χ1) is 7.42. The lowest BCUT2D eigenvalue weighted by Crippen LogP contribution is -2.01. The molecule has 0 atom stereocenters. The summed E-state index contributed by atoms with van der Waals surface area (Å²) in [5.41, 5.74) is 2.06. The molecule has 0 aliphatic rings. The molecule has 0 aliphatic carbocycles. The Morgan fingerprint density at radius 2 is 2.07 bits per heavy atom. The standard InChI is InChI=1S/C12H11N3/c1-2-3-7-12-10-13-14-15(12)11-8-5-4-6-9-11/h1,4-6,8-10H,3,7H2. The molecule has 0 aliphatic heterocycles. The van der Waals surface area contributed by atoms with E-state index in [2.05, 4.69) is 16.2 Å². The number of nitrogens with zero attached hydrogens (tertiary/aromatic N) is 3. The third-order valence-electron chi connectivity index (χ3n) is 2.15. The SMILES string of the molecule is C#CCCc1cnnn1-c1ccccc1. The van der Waals surface area contributed by atoms with Crippen molar-refractivity contribution in [2.24, 2.45) is 0 Å². The fraction of sp³-hybridized carbons (Fsp3) is 0.167. The van der Waals surface area contributed by atoms with Gasteiger partial charge in [0, 0.05) is 12.8 Å². The summed E-state index contributed by atoms with van der Waals surface area (Å²) in [6.07, 6.45) is 8.50. The molecule has 2 aromatic rings. The van der Waals surface area contributed by atoms with Crippen LogP contribution in [0.5, 0.6) is 0 Å². The van der Waals surface area contributed by atoms with E-state index in [1.807, 2.05) is 35.0 Å². The number of aryl methyl sites for hydroxylation is 1. The number of terminal acetylenes is 1. The van der Waals surface area contributed by atoms with E-state index in [4.69, 9.17) is 6.42 Å². The van der Waals surface area contributed by atoms with Gasteiger partial charge in [-0.15, -0.1) is 17.4 Å². The molecule has 0 fully saturated rings. The summed E-state index contributed by atoms with van der Waals surface area (Å²) >= 11 is 0. The average Bonchev–Trinajstić information content (AvgIpc) is 2.75. The second-order valence-corrected chi connectivity index (χ2v) is 3.18. The van der Waals surface area contributed by atoms with Gasteiger partial charge in [-0.05, 0) is 12.1 Å². The Balaban J connectivity index is 2.30. The third-order valence-corrected chi connectivity index (χ3v) is 2.15. The smallest absolute Gasteiger partial charge is 0.0730 e. The predicted octanol–water partition coefficient (Wildman–Crippen LogP) is 1.83. The minimum atomic E-state index is 0.709. The van der Waals surface area contributed by atoms with Crippen molar-refractivity contribution in [3.05, 3.63) is 42.2 Å². The zero-order chi connectivity index (χ0) is 10.5. The number of hydrogen-bond donors (Lipinski definition) is 0. The van der Waals surface area contributed by atoms with Crippen LogP contribution in [0, 0.1) is 12.3 Å². The predicted molar refractivity (Wildman–Crippen MR) is 58.5 cm³/mol. The summed E-state index contributed by atoms with van der Waals surface area (Å²) in [5, 5.41) is 7.93. The van der Waals surface area contributed by atoms with Gasteiger partial charge in [-0.25, -0.2) is 4.68 Å². The maximum absolute atomic E-state index is 5.23. The summed E-state index contributed by atoms with van der Waals surface area (Å²) in [7, 11) is 0. The largest absolute Gasteiger partial charge is 0.218 e. The van der Waals surface area contributed by atoms with Crippen LogP contribution in [0.15, 0.2) is 36.5 Å². The van der Waals surface area contributed by atoms with E-state index in [1.165, 1.54) is 0 Å². The second kappa shape index (κ2) is 4.43. The molecule has 1 aromatic carbocycles. The molecule has 0 amide bonds. The summed E-state index contributed by atoms with van der Waals surface area (Å²) < 4.78 is 1.82. The van der Waals surface area contributed by atoms with E-state index < -0.39 is 0 Å².